The molecule has 0 aliphatic rings. The van der Waals surface area contributed by atoms with E-state index in [-0.39, 0.29) is 18.6 Å². The topological polar surface area (TPSA) is 86.5 Å². The summed E-state index contributed by atoms with van der Waals surface area (Å²) in [7, 11) is 0. The molecule has 0 saturated carbocycles. The van der Waals surface area contributed by atoms with Crippen molar-refractivity contribution >= 4 is 18.6 Å². The number of non-ortho nitro benzene ring substituents is 1. The molecule has 1 aromatic carbocycles. The molecule has 0 radical (unpaired) electrons. The summed E-state index contributed by atoms with van der Waals surface area (Å²) in [6.07, 6.45) is 0. The fourth-order valence-corrected chi connectivity index (χ4v) is 0.764. The van der Waals surface area contributed by atoms with E-state index >= 15 is 0 Å². The maximum absolute atomic E-state index is 10.2. The second-order valence-corrected chi connectivity index (χ2v) is 2.42. The Morgan fingerprint density at radius 2 is 1.93 bits per heavy atom. The molecule has 0 saturated heterocycles. The predicted octanol–water partition coefficient (Wildman–Crippen LogP) is 1.22. The number of nitro groups is 1. The Kier molecular flexibility index (Phi) is 6.12. The van der Waals surface area contributed by atoms with Crippen LogP contribution in [0.25, 0.3) is 0 Å². The van der Waals surface area contributed by atoms with Crippen molar-refractivity contribution in [1.82, 2.24) is 0 Å². The Morgan fingerprint density at radius 1 is 1.33 bits per heavy atom. The van der Waals surface area contributed by atoms with Crippen LogP contribution in [0.1, 0.15) is 5.56 Å². The number of nitro benzene ring substituents is 1. The summed E-state index contributed by atoms with van der Waals surface area (Å²) in [6, 6.07) is 6.52. The largest absolute Gasteiger partial charge is 0.398 e. The lowest BCUT2D eigenvalue weighted by atomic mass is 10.2. The number of nitrogens with zero attached hydrogens (tertiary/aromatic N) is 1. The van der Waals surface area contributed by atoms with Gasteiger partial charge in [0.2, 0.25) is 0 Å². The van der Waals surface area contributed by atoms with Gasteiger partial charge in [0.1, 0.15) is 0 Å². The Balaban J connectivity index is 0.000000336. The zero-order chi connectivity index (χ0) is 11.7. The van der Waals surface area contributed by atoms with Gasteiger partial charge in [0, 0.05) is 12.1 Å². The van der Waals surface area contributed by atoms with E-state index in [4.69, 9.17) is 9.59 Å². The minimum atomic E-state index is -0.396. The zero-order valence-electron chi connectivity index (χ0n) is 7.95. The predicted molar refractivity (Wildman–Crippen MR) is 51.0 cm³/mol. The summed E-state index contributed by atoms with van der Waals surface area (Å²) in [5, 5.41) is 10.2. The average Bonchev–Trinajstić information content (AvgIpc) is 2.20. The van der Waals surface area contributed by atoms with Gasteiger partial charge in [0.05, 0.1) is 4.92 Å². The summed E-state index contributed by atoms with van der Waals surface area (Å²) in [5.74, 6) is 0. The van der Waals surface area contributed by atoms with E-state index in [1.807, 2.05) is 13.0 Å². The van der Waals surface area contributed by atoms with E-state index in [2.05, 4.69) is 4.74 Å². The molecule has 6 nitrogen and oxygen atoms in total. The van der Waals surface area contributed by atoms with E-state index in [0.717, 1.165) is 5.56 Å². The molecule has 0 N–H and O–H groups in total. The number of ether oxygens (including phenoxy) is 1. The second kappa shape index (κ2) is 7.19. The molecular weight excluding hydrogens is 202 g/mol. The monoisotopic (exact) mass is 211 g/mol. The molecule has 0 heterocycles. The van der Waals surface area contributed by atoms with E-state index in [0.29, 0.717) is 0 Å². The third-order valence-electron chi connectivity index (χ3n) is 1.32. The molecule has 80 valence electrons. The van der Waals surface area contributed by atoms with Crippen molar-refractivity contribution in [3.63, 3.8) is 0 Å². The van der Waals surface area contributed by atoms with Crippen molar-refractivity contribution in [3.05, 3.63) is 39.9 Å². The van der Waals surface area contributed by atoms with Crippen molar-refractivity contribution in [2.24, 2.45) is 0 Å². The van der Waals surface area contributed by atoms with Crippen LogP contribution in [0.15, 0.2) is 24.3 Å². The van der Waals surface area contributed by atoms with Gasteiger partial charge in [-0.2, -0.15) is 0 Å². The molecule has 0 spiro atoms. The molecule has 15 heavy (non-hydrogen) atoms. The molecule has 6 heteroatoms. The molecule has 0 aliphatic carbocycles. The Hall–Kier alpha value is -2.24. The summed E-state index contributed by atoms with van der Waals surface area (Å²) in [4.78, 5) is 27.7. The third-order valence-corrected chi connectivity index (χ3v) is 1.32. The minimum absolute atomic E-state index is 0.0625. The SMILES string of the molecule is Cc1cccc([N+](=O)[O-])c1.O=COC=O. The van der Waals surface area contributed by atoms with E-state index in [9.17, 15) is 10.1 Å². The number of aryl methyl sites for hydroxylation is 1. The van der Waals surface area contributed by atoms with Crippen molar-refractivity contribution < 1.29 is 19.2 Å². The molecule has 0 aromatic heterocycles. The Morgan fingerprint density at radius 3 is 2.20 bits per heavy atom. The zero-order valence-corrected chi connectivity index (χ0v) is 7.95. The lowest BCUT2D eigenvalue weighted by Crippen LogP contribution is -1.86. The first-order chi connectivity index (χ1) is 7.11. The van der Waals surface area contributed by atoms with Crippen LogP contribution in [0.4, 0.5) is 5.69 Å². The summed E-state index contributed by atoms with van der Waals surface area (Å²) in [5.41, 5.74) is 1.06. The fraction of sp³-hybridized carbons (Fsp3) is 0.111. The molecule has 0 fully saturated rings. The van der Waals surface area contributed by atoms with Crippen LogP contribution in [-0.2, 0) is 14.3 Å². The number of hydrogen-bond acceptors (Lipinski definition) is 5. The summed E-state index contributed by atoms with van der Waals surface area (Å²) >= 11 is 0. The Labute approximate surface area is 85.6 Å². The first-order valence-electron chi connectivity index (χ1n) is 3.85. The second-order valence-electron chi connectivity index (χ2n) is 2.42. The van der Waals surface area contributed by atoms with Crippen LogP contribution in [0.5, 0.6) is 0 Å². The highest BCUT2D eigenvalue weighted by Gasteiger charge is 2.01. The van der Waals surface area contributed by atoms with Crippen molar-refractivity contribution in [2.75, 3.05) is 0 Å². The third kappa shape index (κ3) is 5.92. The number of carbonyl (C=O) groups excluding carboxylic acids is 2. The number of benzene rings is 1. The fourth-order valence-electron chi connectivity index (χ4n) is 0.764. The van der Waals surface area contributed by atoms with Gasteiger partial charge in [-0.3, -0.25) is 19.7 Å². The normalized spacial score (nSPS) is 8.07. The maximum Gasteiger partial charge on any atom is 0.300 e. The first-order valence-corrected chi connectivity index (χ1v) is 3.85. The van der Waals surface area contributed by atoms with Crippen LogP contribution in [-0.4, -0.2) is 17.9 Å². The summed E-state index contributed by atoms with van der Waals surface area (Å²) < 4.78 is 3.47. The van der Waals surface area contributed by atoms with E-state index < -0.39 is 4.92 Å². The van der Waals surface area contributed by atoms with E-state index in [1.54, 1.807) is 12.1 Å². The molecule has 0 bridgehead atoms. The molecule has 1 aromatic rings. The van der Waals surface area contributed by atoms with Gasteiger partial charge in [0.25, 0.3) is 5.69 Å². The molecule has 1 rings (SSSR count). The van der Waals surface area contributed by atoms with Gasteiger partial charge >= 0.3 is 12.9 Å². The van der Waals surface area contributed by atoms with Gasteiger partial charge in [-0.15, -0.1) is 0 Å². The van der Waals surface area contributed by atoms with E-state index in [1.165, 1.54) is 6.07 Å². The molecule has 0 amide bonds. The number of hydrogen-bond donors (Lipinski definition) is 0. The van der Waals surface area contributed by atoms with Crippen molar-refractivity contribution in [3.8, 4) is 0 Å². The standard InChI is InChI=1S/C7H7NO2.C2H2O3/c1-6-3-2-4-7(5-6)8(9)10;3-1-5-2-4/h2-5H,1H3;1-2H. The molecule has 0 aliphatic heterocycles. The van der Waals surface area contributed by atoms with Crippen LogP contribution in [0.2, 0.25) is 0 Å². The minimum Gasteiger partial charge on any atom is -0.398 e. The lowest BCUT2D eigenvalue weighted by Gasteiger charge is -1.90. The molecular formula is C9H9NO5. The molecule has 0 unspecified atom stereocenters. The lowest BCUT2D eigenvalue weighted by molar-refractivity contribution is -0.384. The van der Waals surface area contributed by atoms with Gasteiger partial charge in [0.15, 0.2) is 0 Å². The Bertz CT molecular complexity index is 344. The smallest absolute Gasteiger partial charge is 0.300 e. The van der Waals surface area contributed by atoms with Crippen LogP contribution in [0.3, 0.4) is 0 Å². The number of carbonyl (C=O) groups is 2. The number of rotatable bonds is 3. The van der Waals surface area contributed by atoms with Gasteiger partial charge in [-0.05, 0) is 12.5 Å². The first kappa shape index (κ1) is 12.8. The van der Waals surface area contributed by atoms with Gasteiger partial charge < -0.3 is 4.74 Å². The van der Waals surface area contributed by atoms with Gasteiger partial charge in [-0.1, -0.05) is 12.1 Å². The average molecular weight is 211 g/mol. The highest BCUT2D eigenvalue weighted by Crippen LogP contribution is 2.11. The van der Waals surface area contributed by atoms with Crippen molar-refractivity contribution in [2.45, 2.75) is 6.92 Å². The highest BCUT2D eigenvalue weighted by atomic mass is 16.6. The summed E-state index contributed by atoms with van der Waals surface area (Å²) in [6.45, 7) is 1.95. The highest BCUT2D eigenvalue weighted by molar-refractivity contribution is 5.55. The van der Waals surface area contributed by atoms with Crippen LogP contribution in [0, 0.1) is 17.0 Å². The van der Waals surface area contributed by atoms with Crippen molar-refractivity contribution in [1.29, 1.82) is 0 Å². The molecule has 0 atom stereocenters. The maximum atomic E-state index is 10.2. The van der Waals surface area contributed by atoms with Crippen LogP contribution < -0.4 is 0 Å². The van der Waals surface area contributed by atoms with Crippen LogP contribution >= 0.6 is 0 Å². The quantitative estimate of drug-likeness (QED) is 0.324. The van der Waals surface area contributed by atoms with Gasteiger partial charge in [-0.25, -0.2) is 0 Å².